The molecule has 4 aromatic carbocycles. The number of carbonyl (C=O) groups excluding carboxylic acids is 7. The van der Waals surface area contributed by atoms with Crippen LogP contribution in [0.5, 0.6) is 5.75 Å². The summed E-state index contributed by atoms with van der Waals surface area (Å²) < 4.78 is 5.29. The quantitative estimate of drug-likeness (QED) is 0.0809. The van der Waals surface area contributed by atoms with Gasteiger partial charge in [0.1, 0.15) is 17.3 Å². The van der Waals surface area contributed by atoms with Gasteiger partial charge in [0, 0.05) is 73.9 Å². The number of anilines is 3. The molecule has 0 saturated heterocycles. The van der Waals surface area contributed by atoms with E-state index in [1.54, 1.807) is 24.3 Å². The number of amides is 4. The molecule has 6 N–H and O–H groups in total. The van der Waals surface area contributed by atoms with Crippen LogP contribution in [0, 0.1) is 41.5 Å². The van der Waals surface area contributed by atoms with Crippen molar-refractivity contribution < 1.29 is 38.3 Å². The van der Waals surface area contributed by atoms with E-state index in [2.05, 4.69) is 22.0 Å². The van der Waals surface area contributed by atoms with Crippen LogP contribution in [0.3, 0.4) is 0 Å². The van der Waals surface area contributed by atoms with Crippen LogP contribution < -0.4 is 20.7 Å². The molecule has 358 valence electrons. The number of rotatable bonds is 18. The first kappa shape index (κ1) is 57.5. The topological polar surface area (TPSA) is 239 Å². The summed E-state index contributed by atoms with van der Waals surface area (Å²) in [6, 6.07) is 22.3. The van der Waals surface area contributed by atoms with Gasteiger partial charge in [0.05, 0.1) is 6.61 Å². The van der Waals surface area contributed by atoms with Gasteiger partial charge in [-0.3, -0.25) is 24.0 Å². The first-order valence-corrected chi connectivity index (χ1v) is 21.7. The number of ether oxygens (including phenoxy) is 1. The van der Waals surface area contributed by atoms with Crippen molar-refractivity contribution in [3.8, 4) is 5.75 Å². The predicted octanol–water partition coefficient (Wildman–Crippen LogP) is 10.4. The van der Waals surface area contributed by atoms with Gasteiger partial charge in [-0.2, -0.15) is 0 Å². The van der Waals surface area contributed by atoms with E-state index in [1.807, 2.05) is 84.0 Å². The Morgan fingerprint density at radius 2 is 0.864 bits per heavy atom. The van der Waals surface area contributed by atoms with Gasteiger partial charge in [-0.15, -0.1) is 19.6 Å². The molecule has 0 unspecified atom stereocenters. The average Bonchev–Trinajstić information content (AvgIpc) is 3.20. The fourth-order valence-corrected chi connectivity index (χ4v) is 6.27. The highest BCUT2D eigenvalue weighted by Gasteiger charge is 2.15. The standard InChI is InChI=1S/C17H24N4O3.C13H17NO2.C11H14NO2.C10H13NO/c1-12-9-14(17(24)21(7-5-18)8-6-19)11-15(10-12)20-16(23)4-3-13(2)22;1-9-6-10(2)8-12(7-9)14-13(16)5-4-11(3)15;1-8-5-10(9(2)13)7-11(6-8)14-4-3-12;1-7-4-8(2)6-10(5-7)11-9(3)12/h9-11,18-19H,3-8H2,1-2H3,(H,20,23);6-8H,4-5H2,1-3H3,(H,14,16);5-7,12H,3-4H2,1-2H3;4-6H,1-3H3,(H,11,12)/q-2;;-1;. The van der Waals surface area contributed by atoms with E-state index in [9.17, 15) is 33.6 Å². The number of nitrogens with one attached hydrogen (secondary N) is 6. The first-order chi connectivity index (χ1) is 31.0. The SMILES string of the molecule is CC(=O)CCC(=O)Nc1cc(C)cc(C(=O)N(CC[NH-])CC[NH-])c1.CC(=O)CCC(=O)Nc1cc(C)cc(C)c1.CC(=O)Nc1cc(C)cc(C)c1.CC(=O)c1cc(C)cc(OCC[NH-])c1. The van der Waals surface area contributed by atoms with Crippen LogP contribution in [-0.2, 0) is 24.0 Å². The van der Waals surface area contributed by atoms with Gasteiger partial charge in [-0.1, -0.05) is 12.1 Å². The number of ketones is 3. The van der Waals surface area contributed by atoms with Gasteiger partial charge in [-0.25, -0.2) is 0 Å². The number of aryl methyl sites for hydroxylation is 6. The molecule has 0 aliphatic heterocycles. The molecule has 4 aromatic rings. The van der Waals surface area contributed by atoms with Gasteiger partial charge in [0.2, 0.25) is 17.7 Å². The smallest absolute Gasteiger partial charge is 0.253 e. The van der Waals surface area contributed by atoms with Crippen LogP contribution in [0.4, 0.5) is 17.1 Å². The highest BCUT2D eigenvalue weighted by atomic mass is 16.5. The van der Waals surface area contributed by atoms with E-state index in [0.29, 0.717) is 35.6 Å². The fraction of sp³-hybridized carbons (Fsp3) is 0.392. The number of Topliss-reactive ketones (excluding diaryl/α,β-unsaturated/α-hetero) is 3. The summed E-state index contributed by atoms with van der Waals surface area (Å²) in [5, 5.41) is 8.24. The van der Waals surface area contributed by atoms with E-state index in [4.69, 9.17) is 21.9 Å². The lowest BCUT2D eigenvalue weighted by Gasteiger charge is -2.25. The maximum absolute atomic E-state index is 12.5. The molecule has 0 saturated carbocycles. The number of hydrogen-bond donors (Lipinski definition) is 3. The average molecular weight is 907 g/mol. The van der Waals surface area contributed by atoms with Gasteiger partial charge >= 0.3 is 0 Å². The van der Waals surface area contributed by atoms with Crippen molar-refractivity contribution in [3.63, 3.8) is 0 Å². The van der Waals surface area contributed by atoms with Gasteiger partial charge < -0.3 is 52.4 Å². The van der Waals surface area contributed by atoms with Crippen LogP contribution in [0.1, 0.15) is 107 Å². The Kier molecular flexibility index (Phi) is 26.6. The lowest BCUT2D eigenvalue weighted by atomic mass is 10.1. The van der Waals surface area contributed by atoms with Crippen LogP contribution in [0.15, 0.2) is 72.8 Å². The second-order valence-corrected chi connectivity index (χ2v) is 16.0. The van der Waals surface area contributed by atoms with E-state index in [-0.39, 0.29) is 93.0 Å². The van der Waals surface area contributed by atoms with E-state index in [1.165, 1.54) is 43.7 Å². The third-order valence-corrected chi connectivity index (χ3v) is 8.94. The molecule has 0 fully saturated rings. The zero-order valence-corrected chi connectivity index (χ0v) is 40.2. The summed E-state index contributed by atoms with van der Waals surface area (Å²) >= 11 is 0. The molecule has 0 aromatic heterocycles. The van der Waals surface area contributed by atoms with Crippen molar-refractivity contribution >= 4 is 58.0 Å². The number of hydrogen-bond acceptors (Lipinski definition) is 8. The Bertz CT molecular complexity index is 2230. The Morgan fingerprint density at radius 1 is 0.470 bits per heavy atom. The summed E-state index contributed by atoms with van der Waals surface area (Å²) in [5.41, 5.74) is 31.1. The minimum Gasteiger partial charge on any atom is -0.676 e. The number of nitrogens with zero attached hydrogens (tertiary/aromatic N) is 1. The second-order valence-electron chi connectivity index (χ2n) is 16.0. The number of carbonyl (C=O) groups is 7. The third-order valence-electron chi connectivity index (χ3n) is 8.94. The van der Waals surface area contributed by atoms with Crippen molar-refractivity contribution in [2.24, 2.45) is 0 Å². The Balaban J connectivity index is 0.000000456. The van der Waals surface area contributed by atoms with Crippen LogP contribution in [0.25, 0.3) is 17.2 Å². The van der Waals surface area contributed by atoms with E-state index >= 15 is 0 Å². The van der Waals surface area contributed by atoms with E-state index < -0.39 is 0 Å². The van der Waals surface area contributed by atoms with E-state index in [0.717, 1.165) is 33.6 Å². The highest BCUT2D eigenvalue weighted by molar-refractivity contribution is 5.98. The third kappa shape index (κ3) is 25.1. The molecule has 0 heterocycles. The fourth-order valence-electron chi connectivity index (χ4n) is 6.27. The van der Waals surface area contributed by atoms with Crippen LogP contribution in [-0.4, -0.2) is 85.2 Å². The highest BCUT2D eigenvalue weighted by Crippen LogP contribution is 2.19. The Hall–Kier alpha value is -6.55. The zero-order valence-electron chi connectivity index (χ0n) is 40.2. The summed E-state index contributed by atoms with van der Waals surface area (Å²) in [6.45, 7) is 19.0. The monoisotopic (exact) mass is 907 g/mol. The van der Waals surface area contributed by atoms with Crippen molar-refractivity contribution in [2.45, 2.75) is 94.9 Å². The van der Waals surface area contributed by atoms with Crippen LogP contribution in [0.2, 0.25) is 0 Å². The Labute approximate surface area is 390 Å². The largest absolute Gasteiger partial charge is 0.676 e. The minimum absolute atomic E-state index is 0.0278. The molecule has 0 aliphatic carbocycles. The Morgan fingerprint density at radius 3 is 1.26 bits per heavy atom. The predicted molar refractivity (Wildman–Crippen MR) is 265 cm³/mol. The normalized spacial score (nSPS) is 10.0. The minimum atomic E-state index is -0.275. The molecule has 4 rings (SSSR count). The molecular formula is C51H68N7O8-3. The lowest BCUT2D eigenvalue weighted by Crippen LogP contribution is -2.35. The summed E-state index contributed by atoms with van der Waals surface area (Å²) in [7, 11) is 0. The molecule has 0 radical (unpaired) electrons. The molecule has 0 spiro atoms. The van der Waals surface area contributed by atoms with Crippen molar-refractivity contribution in [2.75, 3.05) is 55.3 Å². The van der Waals surface area contributed by atoms with Crippen molar-refractivity contribution in [3.05, 3.63) is 135 Å². The van der Waals surface area contributed by atoms with Crippen LogP contribution >= 0.6 is 0 Å². The second kappa shape index (κ2) is 30.6. The molecule has 0 bridgehead atoms. The number of benzene rings is 4. The maximum Gasteiger partial charge on any atom is 0.253 e. The molecule has 15 heteroatoms. The molecule has 0 atom stereocenters. The molecular weight excluding hydrogens is 839 g/mol. The first-order valence-electron chi connectivity index (χ1n) is 21.7. The van der Waals surface area contributed by atoms with Gasteiger partial charge in [0.25, 0.3) is 5.91 Å². The summed E-state index contributed by atoms with van der Waals surface area (Å²) in [5.74, 6) is 0.0233. The van der Waals surface area contributed by atoms with Crippen molar-refractivity contribution in [1.29, 1.82) is 0 Å². The molecule has 15 nitrogen and oxygen atoms in total. The van der Waals surface area contributed by atoms with Crippen molar-refractivity contribution in [1.82, 2.24) is 4.90 Å². The lowest BCUT2D eigenvalue weighted by molar-refractivity contribution is -0.121. The molecule has 0 aliphatic rings. The maximum atomic E-state index is 12.5. The molecule has 4 amide bonds. The molecule has 66 heavy (non-hydrogen) atoms. The summed E-state index contributed by atoms with van der Waals surface area (Å²) in [6.07, 6.45) is 0.847. The van der Waals surface area contributed by atoms with Gasteiger partial charge in [-0.05, 0) is 156 Å². The zero-order chi connectivity index (χ0) is 49.9. The summed E-state index contributed by atoms with van der Waals surface area (Å²) in [4.78, 5) is 80.8. The van der Waals surface area contributed by atoms with Gasteiger partial charge in [0.15, 0.2) is 5.78 Å².